The van der Waals surface area contributed by atoms with Gasteiger partial charge in [-0.05, 0) is 84.8 Å². The van der Waals surface area contributed by atoms with E-state index in [0.29, 0.717) is 5.69 Å². The monoisotopic (exact) mass is 514 g/mol. The Labute approximate surface area is 220 Å². The van der Waals surface area contributed by atoms with Crippen LogP contribution in [0.3, 0.4) is 0 Å². The molecule has 1 aromatic heterocycles. The third-order valence-corrected chi connectivity index (χ3v) is 7.92. The maximum Gasteiger partial charge on any atom is 0.396 e. The molecule has 37 heavy (non-hydrogen) atoms. The van der Waals surface area contributed by atoms with E-state index < -0.39 is 11.9 Å². The van der Waals surface area contributed by atoms with E-state index in [2.05, 4.69) is 63.5 Å². The molecule has 0 saturated carbocycles. The summed E-state index contributed by atoms with van der Waals surface area (Å²) < 4.78 is 11.7. The van der Waals surface area contributed by atoms with Gasteiger partial charge < -0.3 is 14.8 Å². The highest BCUT2D eigenvalue weighted by molar-refractivity contribution is 7.22. The summed E-state index contributed by atoms with van der Waals surface area (Å²) in [7, 11) is 1.18. The number of carbonyl (C=O) groups excluding carboxylic acids is 2. The van der Waals surface area contributed by atoms with Crippen molar-refractivity contribution in [1.82, 2.24) is 4.90 Å². The number of nitrogens with zero attached hydrogens (tertiary/aromatic N) is 1. The molecule has 6 nitrogen and oxygen atoms in total. The van der Waals surface area contributed by atoms with Gasteiger partial charge in [-0.3, -0.25) is 9.69 Å². The Kier molecular flexibility index (Phi) is 7.82. The van der Waals surface area contributed by atoms with Crippen LogP contribution in [-0.4, -0.2) is 50.1 Å². The smallest absolute Gasteiger partial charge is 0.396 e. The number of fused-ring (bicyclic) bond motifs is 1. The van der Waals surface area contributed by atoms with E-state index >= 15 is 0 Å². The Hall–Kier alpha value is -3.68. The lowest BCUT2D eigenvalue weighted by atomic mass is 9.99. The highest BCUT2D eigenvalue weighted by atomic mass is 32.1. The topological polar surface area (TPSA) is 67.9 Å². The van der Waals surface area contributed by atoms with Crippen molar-refractivity contribution < 1.29 is 19.1 Å². The van der Waals surface area contributed by atoms with Crippen LogP contribution in [0.25, 0.3) is 20.5 Å². The van der Waals surface area contributed by atoms with Crippen LogP contribution in [0.4, 0.5) is 5.69 Å². The lowest BCUT2D eigenvalue weighted by Gasteiger charge is -2.15. The molecule has 0 radical (unpaired) electrons. The molecular weight excluding hydrogens is 484 g/mol. The number of ether oxygens (including phenoxy) is 2. The summed E-state index contributed by atoms with van der Waals surface area (Å²) in [5, 5.41) is 3.81. The third-order valence-electron chi connectivity index (χ3n) is 6.65. The van der Waals surface area contributed by atoms with Gasteiger partial charge in [0.2, 0.25) is 0 Å². The number of rotatable bonds is 8. The second-order valence-electron chi connectivity index (χ2n) is 9.15. The van der Waals surface area contributed by atoms with Crippen LogP contribution in [0.5, 0.6) is 5.75 Å². The number of carbonyl (C=O) groups is 2. The Balaban J connectivity index is 1.32. The number of hydrogen-bond donors (Lipinski definition) is 1. The summed E-state index contributed by atoms with van der Waals surface area (Å²) in [4.78, 5) is 26.9. The van der Waals surface area contributed by atoms with E-state index in [0.717, 1.165) is 30.9 Å². The first-order valence-corrected chi connectivity index (χ1v) is 13.4. The molecule has 1 aliphatic rings. The lowest BCUT2D eigenvalue weighted by molar-refractivity contribution is -0.150. The molecule has 0 spiro atoms. The number of methoxy groups -OCH3 is 1. The minimum atomic E-state index is -0.918. The average Bonchev–Trinajstić information content (AvgIpc) is 3.58. The van der Waals surface area contributed by atoms with Gasteiger partial charge in [-0.2, -0.15) is 0 Å². The van der Waals surface area contributed by atoms with Gasteiger partial charge >= 0.3 is 11.9 Å². The first-order valence-electron chi connectivity index (χ1n) is 12.5. The van der Waals surface area contributed by atoms with Gasteiger partial charge in [-0.25, -0.2) is 4.79 Å². The largest absolute Gasteiger partial charge is 0.492 e. The molecule has 0 bridgehead atoms. The van der Waals surface area contributed by atoms with Gasteiger partial charge in [0.15, 0.2) is 0 Å². The highest BCUT2D eigenvalue weighted by Gasteiger charge is 2.17. The first-order chi connectivity index (χ1) is 18.1. The molecule has 5 rings (SSSR count). The summed E-state index contributed by atoms with van der Waals surface area (Å²) in [5.74, 6) is -0.803. The van der Waals surface area contributed by atoms with Crippen LogP contribution in [0.2, 0.25) is 0 Å². The number of nitrogens with one attached hydrogen (secondary N) is 1. The summed E-state index contributed by atoms with van der Waals surface area (Å²) in [5.41, 5.74) is 4.10. The van der Waals surface area contributed by atoms with Crippen LogP contribution in [0.1, 0.15) is 24.0 Å². The minimum absolute atomic E-state index is 0.544. The molecule has 1 N–H and O–H groups in total. The lowest BCUT2D eigenvalue weighted by Crippen LogP contribution is -2.25. The van der Waals surface area contributed by atoms with Gasteiger partial charge in [-0.15, -0.1) is 11.3 Å². The quantitative estimate of drug-likeness (QED) is 0.240. The van der Waals surface area contributed by atoms with Crippen molar-refractivity contribution in [3.63, 3.8) is 0 Å². The fourth-order valence-electron chi connectivity index (χ4n) is 4.69. The molecule has 1 amide bonds. The zero-order valence-corrected chi connectivity index (χ0v) is 21.7. The maximum atomic E-state index is 11.8. The predicted octanol–water partition coefficient (Wildman–Crippen LogP) is 5.75. The molecule has 4 aromatic rings. The number of thiophene rings is 1. The fraction of sp³-hybridized carbons (Fsp3) is 0.267. The van der Waals surface area contributed by atoms with E-state index in [1.165, 1.54) is 59.1 Å². The van der Waals surface area contributed by atoms with Gasteiger partial charge in [0.1, 0.15) is 12.4 Å². The van der Waals surface area contributed by atoms with Crippen LogP contribution < -0.4 is 10.1 Å². The van der Waals surface area contributed by atoms with E-state index in [1.807, 2.05) is 12.1 Å². The summed E-state index contributed by atoms with van der Waals surface area (Å²) in [6.45, 7) is 4.07. The van der Waals surface area contributed by atoms with Crippen molar-refractivity contribution in [1.29, 1.82) is 0 Å². The number of hydrogen-bond acceptors (Lipinski definition) is 6. The Morgan fingerprint density at radius 1 is 0.946 bits per heavy atom. The van der Waals surface area contributed by atoms with Crippen molar-refractivity contribution in [3.8, 4) is 16.2 Å². The zero-order chi connectivity index (χ0) is 25.6. The molecular formula is C30H30N2O4S. The average molecular weight is 515 g/mol. The number of amides is 1. The second-order valence-corrected chi connectivity index (χ2v) is 10.2. The van der Waals surface area contributed by atoms with Crippen LogP contribution in [0, 0.1) is 0 Å². The van der Waals surface area contributed by atoms with E-state index in [4.69, 9.17) is 4.74 Å². The normalized spacial score (nSPS) is 13.5. The van der Waals surface area contributed by atoms with Crippen LogP contribution in [0.15, 0.2) is 72.8 Å². The Bertz CT molecular complexity index is 1370. The second kappa shape index (κ2) is 11.6. The van der Waals surface area contributed by atoms with Gasteiger partial charge in [-0.1, -0.05) is 42.5 Å². The predicted molar refractivity (Wildman–Crippen MR) is 148 cm³/mol. The van der Waals surface area contributed by atoms with Crippen LogP contribution >= 0.6 is 11.3 Å². The Morgan fingerprint density at radius 3 is 2.41 bits per heavy atom. The summed E-state index contributed by atoms with van der Waals surface area (Å²) in [6.07, 6.45) is 3.39. The van der Waals surface area contributed by atoms with Gasteiger partial charge in [0.05, 0.1) is 7.11 Å². The summed E-state index contributed by atoms with van der Waals surface area (Å²) >= 11 is 1.76. The molecule has 1 saturated heterocycles. The number of anilines is 1. The molecule has 0 aliphatic carbocycles. The molecule has 7 heteroatoms. The third kappa shape index (κ3) is 6.01. The molecule has 0 unspecified atom stereocenters. The van der Waals surface area contributed by atoms with Crippen LogP contribution in [-0.2, 0) is 20.7 Å². The first kappa shape index (κ1) is 25.0. The zero-order valence-electron chi connectivity index (χ0n) is 20.9. The van der Waals surface area contributed by atoms with E-state index in [1.54, 1.807) is 23.5 Å². The minimum Gasteiger partial charge on any atom is -0.492 e. The Morgan fingerprint density at radius 2 is 1.68 bits per heavy atom. The van der Waals surface area contributed by atoms with Crippen molar-refractivity contribution in [2.45, 2.75) is 19.3 Å². The standard InChI is InChI=1S/C30H30N2O4S/c1-35-30(34)29(33)31-23-12-10-22(11-13-23)28-26(25-6-2-3-7-27(25)37-28)20-21-8-14-24(15-9-21)36-19-18-32-16-4-5-17-32/h2-3,6-15H,4-5,16-20H2,1H3,(H,31,33). The van der Waals surface area contributed by atoms with Gasteiger partial charge in [0, 0.05) is 21.8 Å². The van der Waals surface area contributed by atoms with Crippen molar-refractivity contribution in [3.05, 3.63) is 83.9 Å². The van der Waals surface area contributed by atoms with Gasteiger partial charge in [0.25, 0.3) is 0 Å². The van der Waals surface area contributed by atoms with Crippen molar-refractivity contribution in [2.24, 2.45) is 0 Å². The molecule has 1 aliphatic heterocycles. The van der Waals surface area contributed by atoms with Crippen molar-refractivity contribution >= 4 is 39.0 Å². The van der Waals surface area contributed by atoms with E-state index in [9.17, 15) is 9.59 Å². The maximum absolute atomic E-state index is 11.8. The molecule has 2 heterocycles. The fourth-order valence-corrected chi connectivity index (χ4v) is 5.92. The molecule has 1 fully saturated rings. The molecule has 0 atom stereocenters. The molecule has 190 valence electrons. The SMILES string of the molecule is COC(=O)C(=O)Nc1ccc(-c2sc3ccccc3c2Cc2ccc(OCCN3CCCC3)cc2)cc1. The van der Waals surface area contributed by atoms with E-state index in [-0.39, 0.29) is 0 Å². The summed E-state index contributed by atoms with van der Waals surface area (Å²) in [6, 6.07) is 24.4. The van der Waals surface area contributed by atoms with Crippen molar-refractivity contribution in [2.75, 3.05) is 38.7 Å². The molecule has 3 aromatic carbocycles. The number of esters is 1. The number of likely N-dealkylation sites (tertiary alicyclic amines) is 1. The number of benzene rings is 3. The highest BCUT2D eigenvalue weighted by Crippen LogP contribution is 2.40.